The number of anilines is 1. The highest BCUT2D eigenvalue weighted by molar-refractivity contribution is 7.19. The highest BCUT2D eigenvalue weighted by Crippen LogP contribution is 2.34. The molecule has 0 radical (unpaired) electrons. The summed E-state index contributed by atoms with van der Waals surface area (Å²) < 4.78 is 13.2. The van der Waals surface area contributed by atoms with Gasteiger partial charge in [0.1, 0.15) is 12.1 Å². The fourth-order valence-electron chi connectivity index (χ4n) is 1.57. The van der Waals surface area contributed by atoms with E-state index in [2.05, 4.69) is 14.2 Å². The van der Waals surface area contributed by atoms with Crippen molar-refractivity contribution in [3.63, 3.8) is 0 Å². The first kappa shape index (κ1) is 10.5. The van der Waals surface area contributed by atoms with Gasteiger partial charge in [0.25, 0.3) is 0 Å². The Bertz CT molecular complexity index is 358. The number of rotatable bonds is 3. The lowest BCUT2D eigenvalue weighted by molar-refractivity contribution is -0.107. The number of pyridine rings is 1. The zero-order valence-corrected chi connectivity index (χ0v) is 9.34. The smallest absolute Gasteiger partial charge is 0.158 e. The first-order chi connectivity index (χ1) is 7.11. The number of aldehydes is 1. The Balaban J connectivity index is 2.02. The summed E-state index contributed by atoms with van der Waals surface area (Å²) in [5.41, 5.74) is 0.881. The SMILES string of the molecule is O=CCc1ccc(N2CC(F)(P)C2)nc1. The second-order valence-corrected chi connectivity index (χ2v) is 4.82. The summed E-state index contributed by atoms with van der Waals surface area (Å²) in [5, 5.41) is -1.16. The molecule has 1 unspecified atom stereocenters. The van der Waals surface area contributed by atoms with Gasteiger partial charge in [0.2, 0.25) is 0 Å². The standard InChI is InChI=1S/C10H12FN2OP/c11-10(15)6-13(7-10)9-2-1-8(3-4-14)5-12-9/h1-2,4-5H,3,6-7,15H2. The molecule has 2 rings (SSSR count). The zero-order chi connectivity index (χ0) is 10.9. The van der Waals surface area contributed by atoms with Gasteiger partial charge in [-0.15, -0.1) is 0 Å². The molecule has 0 N–H and O–H groups in total. The Morgan fingerprint density at radius 2 is 2.33 bits per heavy atom. The number of hydrogen-bond donors (Lipinski definition) is 0. The van der Waals surface area contributed by atoms with E-state index < -0.39 is 5.41 Å². The maximum atomic E-state index is 13.2. The Labute approximate surface area is 89.9 Å². The highest BCUT2D eigenvalue weighted by atomic mass is 31.0. The molecule has 1 aliphatic heterocycles. The van der Waals surface area contributed by atoms with Crippen LogP contribution in [0.15, 0.2) is 18.3 Å². The van der Waals surface area contributed by atoms with E-state index >= 15 is 0 Å². The topological polar surface area (TPSA) is 33.2 Å². The molecule has 2 heterocycles. The number of carbonyl (C=O) groups is 1. The van der Waals surface area contributed by atoms with Crippen LogP contribution in [0.5, 0.6) is 0 Å². The molecule has 5 heteroatoms. The van der Waals surface area contributed by atoms with Gasteiger partial charge in [-0.3, -0.25) is 0 Å². The van der Waals surface area contributed by atoms with Crippen molar-refractivity contribution < 1.29 is 9.18 Å². The zero-order valence-electron chi connectivity index (χ0n) is 8.19. The van der Waals surface area contributed by atoms with Gasteiger partial charge in [-0.25, -0.2) is 9.37 Å². The van der Waals surface area contributed by atoms with Crippen molar-refractivity contribution in [3.8, 4) is 0 Å². The molecule has 1 fully saturated rings. The fourth-order valence-corrected chi connectivity index (χ4v) is 2.01. The number of halogens is 1. The molecule has 15 heavy (non-hydrogen) atoms. The molecule has 0 bridgehead atoms. The molecule has 0 aromatic carbocycles. The van der Waals surface area contributed by atoms with Crippen LogP contribution in [0.1, 0.15) is 5.56 Å². The monoisotopic (exact) mass is 226 g/mol. The van der Waals surface area contributed by atoms with Gasteiger partial charge in [0.15, 0.2) is 5.41 Å². The van der Waals surface area contributed by atoms with Crippen molar-refractivity contribution in [2.45, 2.75) is 11.8 Å². The quantitative estimate of drug-likeness (QED) is 0.573. The molecule has 1 saturated heterocycles. The Morgan fingerprint density at radius 3 is 2.80 bits per heavy atom. The van der Waals surface area contributed by atoms with Gasteiger partial charge in [-0.2, -0.15) is 0 Å². The lowest BCUT2D eigenvalue weighted by atomic mass is 10.1. The average molecular weight is 226 g/mol. The van der Waals surface area contributed by atoms with E-state index in [0.29, 0.717) is 19.5 Å². The molecule has 0 aliphatic carbocycles. The molecule has 1 aromatic rings. The van der Waals surface area contributed by atoms with Crippen molar-refractivity contribution in [2.24, 2.45) is 0 Å². The average Bonchev–Trinajstić information content (AvgIpc) is 2.16. The Morgan fingerprint density at radius 1 is 1.60 bits per heavy atom. The minimum atomic E-state index is -1.16. The molecule has 1 atom stereocenters. The first-order valence-electron chi connectivity index (χ1n) is 4.72. The first-order valence-corrected chi connectivity index (χ1v) is 5.30. The predicted octanol–water partition coefficient (Wildman–Crippen LogP) is 1.18. The third-order valence-electron chi connectivity index (χ3n) is 2.36. The van der Waals surface area contributed by atoms with Gasteiger partial charge in [0, 0.05) is 12.6 Å². The van der Waals surface area contributed by atoms with Crippen LogP contribution >= 0.6 is 9.24 Å². The highest BCUT2D eigenvalue weighted by Gasteiger charge is 2.39. The maximum Gasteiger partial charge on any atom is 0.158 e. The van der Waals surface area contributed by atoms with E-state index in [1.807, 2.05) is 17.0 Å². The van der Waals surface area contributed by atoms with Gasteiger partial charge in [-0.1, -0.05) is 15.3 Å². The minimum Gasteiger partial charge on any atom is -0.349 e. The summed E-state index contributed by atoms with van der Waals surface area (Å²) in [6.07, 6.45) is 2.88. The molecule has 0 saturated carbocycles. The lowest BCUT2D eigenvalue weighted by Crippen LogP contribution is -2.55. The lowest BCUT2D eigenvalue weighted by Gasteiger charge is -2.42. The van der Waals surface area contributed by atoms with Crippen molar-refractivity contribution in [1.29, 1.82) is 0 Å². The molecule has 3 nitrogen and oxygen atoms in total. The normalized spacial score (nSPS) is 18.4. The molecular formula is C10H12FN2OP. The molecule has 0 spiro atoms. The van der Waals surface area contributed by atoms with Crippen LogP contribution in [0.3, 0.4) is 0 Å². The largest absolute Gasteiger partial charge is 0.349 e. The third kappa shape index (κ3) is 2.32. The molecule has 0 amide bonds. The van der Waals surface area contributed by atoms with E-state index in [-0.39, 0.29) is 0 Å². The van der Waals surface area contributed by atoms with Crippen LogP contribution in [0.2, 0.25) is 0 Å². The van der Waals surface area contributed by atoms with Crippen molar-refractivity contribution >= 4 is 21.3 Å². The number of aromatic nitrogens is 1. The Hall–Kier alpha value is -1.02. The summed E-state index contributed by atoms with van der Waals surface area (Å²) in [6, 6.07) is 3.66. The van der Waals surface area contributed by atoms with Crippen LogP contribution in [-0.2, 0) is 11.2 Å². The van der Waals surface area contributed by atoms with Crippen LogP contribution in [0.4, 0.5) is 10.2 Å². The fraction of sp³-hybridized carbons (Fsp3) is 0.400. The number of hydrogen-bond acceptors (Lipinski definition) is 3. The Kier molecular flexibility index (Phi) is 2.70. The van der Waals surface area contributed by atoms with Crippen LogP contribution in [0, 0.1) is 0 Å². The second-order valence-electron chi connectivity index (χ2n) is 3.79. The summed E-state index contributed by atoms with van der Waals surface area (Å²) >= 11 is 0. The second kappa shape index (κ2) is 3.86. The van der Waals surface area contributed by atoms with Gasteiger partial charge in [-0.05, 0) is 11.6 Å². The van der Waals surface area contributed by atoms with E-state index in [1.165, 1.54) is 0 Å². The van der Waals surface area contributed by atoms with Crippen LogP contribution in [0.25, 0.3) is 0 Å². The molecular weight excluding hydrogens is 214 g/mol. The summed E-state index contributed by atoms with van der Waals surface area (Å²) in [7, 11) is 2.20. The van der Waals surface area contributed by atoms with E-state index in [9.17, 15) is 9.18 Å². The number of nitrogens with zero attached hydrogens (tertiary/aromatic N) is 2. The predicted molar refractivity (Wildman–Crippen MR) is 59.8 cm³/mol. The van der Waals surface area contributed by atoms with E-state index in [0.717, 1.165) is 17.7 Å². The molecule has 80 valence electrons. The maximum absolute atomic E-state index is 13.2. The number of carbonyl (C=O) groups excluding carboxylic acids is 1. The van der Waals surface area contributed by atoms with Gasteiger partial charge >= 0.3 is 0 Å². The summed E-state index contributed by atoms with van der Waals surface area (Å²) in [5.74, 6) is 0.764. The molecule has 1 aliphatic rings. The molecule has 1 aromatic heterocycles. The third-order valence-corrected chi connectivity index (χ3v) is 2.72. The van der Waals surface area contributed by atoms with Gasteiger partial charge < -0.3 is 9.69 Å². The van der Waals surface area contributed by atoms with Crippen LogP contribution < -0.4 is 4.90 Å². The van der Waals surface area contributed by atoms with Crippen LogP contribution in [-0.4, -0.2) is 29.8 Å². The minimum absolute atomic E-state index is 0.359. The van der Waals surface area contributed by atoms with Crippen molar-refractivity contribution in [1.82, 2.24) is 4.98 Å². The van der Waals surface area contributed by atoms with Gasteiger partial charge in [0.05, 0.1) is 13.1 Å². The van der Waals surface area contributed by atoms with Crippen molar-refractivity contribution in [2.75, 3.05) is 18.0 Å². The summed E-state index contributed by atoms with van der Waals surface area (Å²) in [4.78, 5) is 16.3. The van der Waals surface area contributed by atoms with E-state index in [4.69, 9.17) is 0 Å². The summed E-state index contributed by atoms with van der Waals surface area (Å²) in [6.45, 7) is 0.718. The van der Waals surface area contributed by atoms with Crippen molar-refractivity contribution in [3.05, 3.63) is 23.9 Å². The van der Waals surface area contributed by atoms with E-state index in [1.54, 1.807) is 6.20 Å². The number of alkyl halides is 1.